The van der Waals surface area contributed by atoms with E-state index in [0.717, 1.165) is 63.5 Å². The van der Waals surface area contributed by atoms with E-state index in [1.165, 1.54) is 31.4 Å². The van der Waals surface area contributed by atoms with E-state index in [2.05, 4.69) is 35.2 Å². The molecule has 0 saturated heterocycles. The first kappa shape index (κ1) is 30.7. The second-order valence-electron chi connectivity index (χ2n) is 12.3. The van der Waals surface area contributed by atoms with Crippen molar-refractivity contribution < 1.29 is 17.6 Å². The number of anilines is 1. The SMILES string of the molecule is CS(=O)(=O)NCc1cc(F)cc(-c2cccc3[nH]c(-c4[nH]nc5ncc(-c6cncc(NC(=O)CC7CCCCC7)c6)cc45)cc23)c1. The van der Waals surface area contributed by atoms with E-state index in [-0.39, 0.29) is 12.5 Å². The number of hydrogen-bond acceptors (Lipinski definition) is 6. The van der Waals surface area contributed by atoms with Crippen molar-refractivity contribution in [3.63, 3.8) is 0 Å². The number of carbonyl (C=O) groups is 1. The summed E-state index contributed by atoms with van der Waals surface area (Å²) in [7, 11) is -3.43. The molecule has 1 aliphatic carbocycles. The molecule has 4 aromatic heterocycles. The number of rotatable bonds is 9. The Bertz CT molecular complexity index is 2220. The number of aromatic nitrogens is 5. The van der Waals surface area contributed by atoms with Gasteiger partial charge in [-0.25, -0.2) is 22.5 Å². The molecule has 0 bridgehead atoms. The number of amides is 1. The minimum absolute atomic E-state index is 0.0137. The Morgan fingerprint density at radius 3 is 2.62 bits per heavy atom. The molecule has 1 fully saturated rings. The molecule has 0 unspecified atom stereocenters. The minimum Gasteiger partial charge on any atom is -0.353 e. The van der Waals surface area contributed by atoms with E-state index >= 15 is 0 Å². The lowest BCUT2D eigenvalue weighted by Gasteiger charge is -2.20. The number of pyridine rings is 2. The van der Waals surface area contributed by atoms with Gasteiger partial charge in [0.1, 0.15) is 5.82 Å². The highest BCUT2D eigenvalue weighted by molar-refractivity contribution is 7.88. The van der Waals surface area contributed by atoms with Crippen LogP contribution in [0.5, 0.6) is 0 Å². The van der Waals surface area contributed by atoms with Gasteiger partial charge in [0.05, 0.1) is 29.5 Å². The second kappa shape index (κ2) is 12.7. The van der Waals surface area contributed by atoms with Gasteiger partial charge in [-0.15, -0.1) is 0 Å². The Kier molecular flexibility index (Phi) is 8.29. The van der Waals surface area contributed by atoms with Crippen molar-refractivity contribution in [3.8, 4) is 33.6 Å². The molecule has 0 radical (unpaired) electrons. The average molecular weight is 652 g/mol. The summed E-state index contributed by atoms with van der Waals surface area (Å²) in [5.74, 6) is 0.00290. The van der Waals surface area contributed by atoms with Crippen molar-refractivity contribution >= 4 is 43.6 Å². The maximum Gasteiger partial charge on any atom is 0.224 e. The molecule has 47 heavy (non-hydrogen) atoms. The lowest BCUT2D eigenvalue weighted by Crippen LogP contribution is -2.21. The standard InChI is InChI=1S/C35H34FN7O3S/c1-47(45,46)39-17-22-10-23(13-26(36)11-22)28-8-5-9-31-29(28)16-32(41-31)34-30-15-25(19-38-35(30)43-42-34)24-14-27(20-37-18-24)40-33(44)12-21-6-3-2-4-7-21/h5,8-11,13-16,18-21,39,41H,2-4,6-7,12,17H2,1H3,(H,40,44)(H,38,42,43). The van der Waals surface area contributed by atoms with Crippen LogP contribution in [0.25, 0.3) is 55.6 Å². The fourth-order valence-corrected chi connectivity index (χ4v) is 6.89. The number of hydrogen-bond donors (Lipinski definition) is 4. The molecule has 1 amide bonds. The van der Waals surface area contributed by atoms with Gasteiger partial charge < -0.3 is 10.3 Å². The largest absolute Gasteiger partial charge is 0.353 e. The summed E-state index contributed by atoms with van der Waals surface area (Å²) < 4.78 is 40.3. The number of H-pyrrole nitrogens is 2. The molecular formula is C35H34FN7O3S. The van der Waals surface area contributed by atoms with E-state index in [0.29, 0.717) is 34.8 Å². The van der Waals surface area contributed by atoms with Gasteiger partial charge in [-0.2, -0.15) is 5.10 Å². The fraction of sp³-hybridized carbons (Fsp3) is 0.257. The number of benzene rings is 2. The first-order chi connectivity index (χ1) is 22.7. The van der Waals surface area contributed by atoms with Gasteiger partial charge in [-0.1, -0.05) is 31.4 Å². The molecule has 1 saturated carbocycles. The number of halogens is 1. The third-order valence-electron chi connectivity index (χ3n) is 8.70. The first-order valence-electron chi connectivity index (χ1n) is 15.6. The first-order valence-corrected chi connectivity index (χ1v) is 17.5. The van der Waals surface area contributed by atoms with Crippen molar-refractivity contribution in [3.05, 3.63) is 84.6 Å². The molecule has 7 rings (SSSR count). The van der Waals surface area contributed by atoms with E-state index < -0.39 is 15.8 Å². The summed E-state index contributed by atoms with van der Waals surface area (Å²) in [6.07, 6.45) is 12.6. The number of sulfonamides is 1. The van der Waals surface area contributed by atoms with Crippen LogP contribution in [0.4, 0.5) is 10.1 Å². The third kappa shape index (κ3) is 6.93. The number of fused-ring (bicyclic) bond motifs is 2. The van der Waals surface area contributed by atoms with Crippen LogP contribution in [-0.2, 0) is 21.4 Å². The number of aromatic amines is 2. The number of carbonyl (C=O) groups excluding carboxylic acids is 1. The Morgan fingerprint density at radius 1 is 0.957 bits per heavy atom. The number of nitrogens with one attached hydrogen (secondary N) is 4. The van der Waals surface area contributed by atoms with E-state index in [4.69, 9.17) is 0 Å². The molecule has 0 aliphatic heterocycles. The van der Waals surface area contributed by atoms with Gasteiger partial charge in [0.15, 0.2) is 5.65 Å². The van der Waals surface area contributed by atoms with Gasteiger partial charge >= 0.3 is 0 Å². The van der Waals surface area contributed by atoms with Crippen LogP contribution in [0.2, 0.25) is 0 Å². The lowest BCUT2D eigenvalue weighted by molar-refractivity contribution is -0.117. The highest BCUT2D eigenvalue weighted by Crippen LogP contribution is 2.36. The van der Waals surface area contributed by atoms with Crippen molar-refractivity contribution in [2.24, 2.45) is 5.92 Å². The molecule has 12 heteroatoms. The topological polar surface area (TPSA) is 146 Å². The van der Waals surface area contributed by atoms with Gasteiger partial charge in [-0.3, -0.25) is 14.9 Å². The Labute approximate surface area is 271 Å². The fourth-order valence-electron chi connectivity index (χ4n) is 6.46. The van der Waals surface area contributed by atoms with Crippen LogP contribution < -0.4 is 10.0 Å². The van der Waals surface area contributed by atoms with Crippen LogP contribution in [0, 0.1) is 11.7 Å². The van der Waals surface area contributed by atoms with Crippen LogP contribution >= 0.6 is 0 Å². The van der Waals surface area contributed by atoms with Gasteiger partial charge in [0.25, 0.3) is 0 Å². The quantitative estimate of drug-likeness (QED) is 0.133. The van der Waals surface area contributed by atoms with E-state index in [1.54, 1.807) is 24.7 Å². The van der Waals surface area contributed by atoms with Crippen molar-refractivity contribution in [2.45, 2.75) is 45.1 Å². The summed E-state index contributed by atoms with van der Waals surface area (Å²) in [5, 5.41) is 12.2. The Morgan fingerprint density at radius 2 is 1.79 bits per heavy atom. The Hall–Kier alpha value is -4.94. The molecule has 240 valence electrons. The smallest absolute Gasteiger partial charge is 0.224 e. The third-order valence-corrected chi connectivity index (χ3v) is 9.37. The predicted molar refractivity (Wildman–Crippen MR) is 181 cm³/mol. The molecule has 0 atom stereocenters. The zero-order valence-corrected chi connectivity index (χ0v) is 26.6. The van der Waals surface area contributed by atoms with Crippen LogP contribution in [-0.4, -0.2) is 45.7 Å². The molecule has 4 N–H and O–H groups in total. The van der Waals surface area contributed by atoms with Gasteiger partial charge in [-0.05, 0) is 77.9 Å². The zero-order chi connectivity index (χ0) is 32.5. The maximum atomic E-state index is 14.7. The summed E-state index contributed by atoms with van der Waals surface area (Å²) in [5.41, 5.74) is 7.10. The zero-order valence-electron chi connectivity index (χ0n) is 25.8. The van der Waals surface area contributed by atoms with E-state index in [9.17, 15) is 17.6 Å². The summed E-state index contributed by atoms with van der Waals surface area (Å²) in [6, 6.07) is 16.1. The van der Waals surface area contributed by atoms with Crippen molar-refractivity contribution in [1.29, 1.82) is 0 Å². The maximum absolute atomic E-state index is 14.7. The predicted octanol–water partition coefficient (Wildman–Crippen LogP) is 6.93. The average Bonchev–Trinajstić information content (AvgIpc) is 3.68. The molecule has 6 aromatic rings. The molecule has 2 aromatic carbocycles. The molecule has 4 heterocycles. The lowest BCUT2D eigenvalue weighted by atomic mass is 9.87. The highest BCUT2D eigenvalue weighted by Gasteiger charge is 2.18. The normalized spacial score (nSPS) is 14.2. The molecule has 1 aliphatic rings. The molecule has 10 nitrogen and oxygen atoms in total. The number of nitrogens with zero attached hydrogens (tertiary/aromatic N) is 3. The van der Waals surface area contributed by atoms with Gasteiger partial charge in [0.2, 0.25) is 15.9 Å². The second-order valence-corrected chi connectivity index (χ2v) is 14.1. The summed E-state index contributed by atoms with van der Waals surface area (Å²) in [6.45, 7) is -0.0152. The van der Waals surface area contributed by atoms with Crippen LogP contribution in [0.1, 0.15) is 44.1 Å². The van der Waals surface area contributed by atoms with Crippen LogP contribution in [0.3, 0.4) is 0 Å². The van der Waals surface area contributed by atoms with Crippen molar-refractivity contribution in [2.75, 3.05) is 11.6 Å². The Balaban J connectivity index is 1.18. The van der Waals surface area contributed by atoms with Crippen LogP contribution in [0.15, 0.2) is 73.2 Å². The summed E-state index contributed by atoms with van der Waals surface area (Å²) >= 11 is 0. The monoisotopic (exact) mass is 651 g/mol. The summed E-state index contributed by atoms with van der Waals surface area (Å²) in [4.78, 5) is 25.2. The van der Waals surface area contributed by atoms with E-state index in [1.807, 2.05) is 36.4 Å². The highest BCUT2D eigenvalue weighted by atomic mass is 32.2. The van der Waals surface area contributed by atoms with Gasteiger partial charge in [0, 0.05) is 52.8 Å². The molecular weight excluding hydrogens is 617 g/mol. The minimum atomic E-state index is -3.43. The van der Waals surface area contributed by atoms with Crippen molar-refractivity contribution in [1.82, 2.24) is 29.9 Å². The molecule has 0 spiro atoms.